The van der Waals surface area contributed by atoms with Gasteiger partial charge in [0.25, 0.3) is 11.5 Å². The molecule has 0 aliphatic carbocycles. The summed E-state index contributed by atoms with van der Waals surface area (Å²) in [5, 5.41) is 3.58. The Morgan fingerprint density at radius 1 is 1.23 bits per heavy atom. The Kier molecular flexibility index (Phi) is 4.38. The van der Waals surface area contributed by atoms with Crippen LogP contribution in [0.5, 0.6) is 0 Å². The van der Waals surface area contributed by atoms with Crippen LogP contribution in [0.15, 0.2) is 35.5 Å². The van der Waals surface area contributed by atoms with E-state index in [9.17, 15) is 9.59 Å². The summed E-state index contributed by atoms with van der Waals surface area (Å²) >= 11 is 0. The molecule has 3 aromatic rings. The summed E-state index contributed by atoms with van der Waals surface area (Å²) in [6.07, 6.45) is 5.09. The van der Waals surface area contributed by atoms with Crippen LogP contribution >= 0.6 is 0 Å². The summed E-state index contributed by atoms with van der Waals surface area (Å²) in [5.41, 5.74) is 1.45. The van der Waals surface area contributed by atoms with Gasteiger partial charge in [0.2, 0.25) is 5.95 Å². The predicted octanol–water partition coefficient (Wildman–Crippen LogP) is 1.78. The second-order valence-electron chi connectivity index (χ2n) is 7.70. The highest BCUT2D eigenvalue weighted by atomic mass is 16.2. The van der Waals surface area contributed by atoms with Crippen LogP contribution in [0, 0.1) is 0 Å². The van der Waals surface area contributed by atoms with Gasteiger partial charge in [0, 0.05) is 38.9 Å². The molecule has 1 fully saturated rings. The molecular weight excluding hydrogens is 382 g/mol. The molecule has 0 saturated carbocycles. The topological polar surface area (TPSA) is 96.2 Å². The van der Waals surface area contributed by atoms with Crippen LogP contribution in [0.3, 0.4) is 0 Å². The standard InChI is InChI=1S/C21H23N7O2/c1-3-22-21-23-10-14-18(25-21)27-9-5-6-13(27)11-28(19(14)29)16-8-4-7-15-17(16)20(30)26(2)12-24-15/h4,7-8,10,12-13H,3,5-6,9,11H2,1-2H3,(H,22,23,25)/t13-/m0/s1. The monoisotopic (exact) mass is 405 g/mol. The molecule has 2 aliphatic rings. The summed E-state index contributed by atoms with van der Waals surface area (Å²) in [5.74, 6) is 0.995. The summed E-state index contributed by atoms with van der Waals surface area (Å²) in [6, 6.07) is 5.58. The van der Waals surface area contributed by atoms with Crippen LogP contribution in [0.1, 0.15) is 30.1 Å². The number of rotatable bonds is 3. The molecule has 4 heterocycles. The smallest absolute Gasteiger partial charge is 0.263 e. The maximum atomic E-state index is 13.6. The highest BCUT2D eigenvalue weighted by molar-refractivity contribution is 6.13. The lowest BCUT2D eigenvalue weighted by atomic mass is 10.1. The van der Waals surface area contributed by atoms with E-state index in [1.165, 1.54) is 10.9 Å². The second kappa shape index (κ2) is 7.08. The zero-order valence-electron chi connectivity index (χ0n) is 17.0. The quantitative estimate of drug-likeness (QED) is 0.710. The first kappa shape index (κ1) is 18.5. The normalized spacial score (nSPS) is 18.3. The third-order valence-electron chi connectivity index (χ3n) is 5.84. The summed E-state index contributed by atoms with van der Waals surface area (Å²) in [4.78, 5) is 43.8. The molecule has 2 aromatic heterocycles. The van der Waals surface area contributed by atoms with Crippen LogP contribution < -0.4 is 20.7 Å². The fourth-order valence-electron chi connectivity index (χ4n) is 4.39. The number of nitrogens with zero attached hydrogens (tertiary/aromatic N) is 6. The van der Waals surface area contributed by atoms with Gasteiger partial charge in [-0.3, -0.25) is 9.59 Å². The molecule has 0 spiro atoms. The van der Waals surface area contributed by atoms with Crippen molar-refractivity contribution in [2.75, 3.05) is 34.8 Å². The molecule has 0 radical (unpaired) electrons. The minimum Gasteiger partial charge on any atom is -0.354 e. The second-order valence-corrected chi connectivity index (χ2v) is 7.70. The molecule has 2 aliphatic heterocycles. The SMILES string of the molecule is CCNc1ncc2c(n1)N1CCC[C@H]1CN(c1cccc3ncn(C)c(=O)c13)C2=O. The Bertz CT molecular complexity index is 1210. The Morgan fingerprint density at radius 3 is 2.93 bits per heavy atom. The van der Waals surface area contributed by atoms with Crippen LogP contribution in [0.25, 0.3) is 10.9 Å². The molecule has 9 nitrogen and oxygen atoms in total. The summed E-state index contributed by atoms with van der Waals surface area (Å²) in [7, 11) is 1.67. The Hall–Kier alpha value is -3.49. The number of benzene rings is 1. The van der Waals surface area contributed by atoms with E-state index in [-0.39, 0.29) is 17.5 Å². The highest BCUT2D eigenvalue weighted by Gasteiger charge is 2.38. The summed E-state index contributed by atoms with van der Waals surface area (Å²) in [6.45, 7) is 4.02. The number of anilines is 3. The number of carbonyl (C=O) groups is 1. The molecule has 1 amide bonds. The van der Waals surface area contributed by atoms with Crippen molar-refractivity contribution in [3.63, 3.8) is 0 Å². The van der Waals surface area contributed by atoms with Crippen molar-refractivity contribution < 1.29 is 4.79 Å². The fraction of sp³-hybridized carbons (Fsp3) is 0.381. The average molecular weight is 405 g/mol. The molecule has 1 N–H and O–H groups in total. The van der Waals surface area contributed by atoms with Crippen LogP contribution in [0.4, 0.5) is 17.5 Å². The van der Waals surface area contributed by atoms with Gasteiger partial charge in [-0.2, -0.15) is 4.98 Å². The van der Waals surface area contributed by atoms with Crippen molar-refractivity contribution in [1.82, 2.24) is 19.5 Å². The molecule has 0 bridgehead atoms. The Morgan fingerprint density at radius 2 is 2.10 bits per heavy atom. The summed E-state index contributed by atoms with van der Waals surface area (Å²) < 4.78 is 1.44. The lowest BCUT2D eigenvalue weighted by Crippen LogP contribution is -2.40. The van der Waals surface area contributed by atoms with Gasteiger partial charge in [-0.15, -0.1) is 0 Å². The van der Waals surface area contributed by atoms with Crippen molar-refractivity contribution >= 4 is 34.3 Å². The molecule has 0 unspecified atom stereocenters. The van der Waals surface area contributed by atoms with Gasteiger partial charge in [-0.25, -0.2) is 9.97 Å². The van der Waals surface area contributed by atoms with E-state index in [1.54, 1.807) is 24.2 Å². The number of nitrogens with one attached hydrogen (secondary N) is 1. The maximum absolute atomic E-state index is 13.6. The van der Waals surface area contributed by atoms with E-state index in [0.29, 0.717) is 47.0 Å². The predicted molar refractivity (Wildman–Crippen MR) is 115 cm³/mol. The number of fused-ring (bicyclic) bond motifs is 4. The maximum Gasteiger partial charge on any atom is 0.263 e. The molecule has 30 heavy (non-hydrogen) atoms. The Labute approximate surface area is 173 Å². The first-order valence-electron chi connectivity index (χ1n) is 10.2. The lowest BCUT2D eigenvalue weighted by molar-refractivity contribution is 0.0988. The van der Waals surface area contributed by atoms with Crippen molar-refractivity contribution in [1.29, 1.82) is 0 Å². The van der Waals surface area contributed by atoms with E-state index >= 15 is 0 Å². The molecule has 1 saturated heterocycles. The van der Waals surface area contributed by atoms with Gasteiger partial charge in [-0.05, 0) is 31.9 Å². The van der Waals surface area contributed by atoms with Gasteiger partial charge in [0.15, 0.2) is 0 Å². The van der Waals surface area contributed by atoms with Crippen LogP contribution in [0.2, 0.25) is 0 Å². The minimum absolute atomic E-state index is 0.135. The van der Waals surface area contributed by atoms with Gasteiger partial charge in [0.05, 0.1) is 22.9 Å². The van der Waals surface area contributed by atoms with Crippen LogP contribution in [-0.2, 0) is 7.05 Å². The van der Waals surface area contributed by atoms with E-state index < -0.39 is 0 Å². The van der Waals surface area contributed by atoms with Crippen LogP contribution in [-0.4, -0.2) is 51.1 Å². The number of hydrogen-bond acceptors (Lipinski definition) is 7. The fourth-order valence-corrected chi connectivity index (χ4v) is 4.39. The molecule has 154 valence electrons. The zero-order chi connectivity index (χ0) is 20.8. The molecule has 5 rings (SSSR count). The largest absolute Gasteiger partial charge is 0.354 e. The van der Waals surface area contributed by atoms with Crippen molar-refractivity contribution in [3.8, 4) is 0 Å². The number of carbonyl (C=O) groups excluding carboxylic acids is 1. The van der Waals surface area contributed by atoms with Gasteiger partial charge in [0.1, 0.15) is 11.4 Å². The van der Waals surface area contributed by atoms with Gasteiger partial charge in [-0.1, -0.05) is 6.07 Å². The Balaban J connectivity index is 1.70. The first-order chi connectivity index (χ1) is 14.6. The van der Waals surface area contributed by atoms with Crippen molar-refractivity contribution in [3.05, 3.63) is 46.6 Å². The average Bonchev–Trinajstić information content (AvgIpc) is 3.18. The van der Waals surface area contributed by atoms with E-state index in [2.05, 4.69) is 25.2 Å². The van der Waals surface area contributed by atoms with Gasteiger partial charge >= 0.3 is 0 Å². The first-order valence-corrected chi connectivity index (χ1v) is 10.2. The molecule has 1 aromatic carbocycles. The van der Waals surface area contributed by atoms with E-state index in [0.717, 1.165) is 19.4 Å². The van der Waals surface area contributed by atoms with Crippen molar-refractivity contribution in [2.45, 2.75) is 25.8 Å². The third kappa shape index (κ3) is 2.80. The van der Waals surface area contributed by atoms with Crippen molar-refractivity contribution in [2.24, 2.45) is 7.05 Å². The lowest BCUT2D eigenvalue weighted by Gasteiger charge is -2.27. The van der Waals surface area contributed by atoms with E-state index in [4.69, 9.17) is 0 Å². The highest BCUT2D eigenvalue weighted by Crippen LogP contribution is 2.35. The minimum atomic E-state index is -0.194. The number of amides is 1. The number of aryl methyl sites for hydroxylation is 1. The number of aromatic nitrogens is 4. The number of hydrogen-bond donors (Lipinski definition) is 1. The van der Waals surface area contributed by atoms with E-state index in [1.807, 2.05) is 19.1 Å². The third-order valence-corrected chi connectivity index (χ3v) is 5.84. The molecule has 9 heteroatoms. The molecule has 1 atom stereocenters. The molecular formula is C21H23N7O2. The zero-order valence-corrected chi connectivity index (χ0v) is 17.0. The van der Waals surface area contributed by atoms with Gasteiger partial charge < -0.3 is 19.7 Å².